The molecule has 7 heteroatoms. The molecule has 0 aromatic carbocycles. The summed E-state index contributed by atoms with van der Waals surface area (Å²) in [5.41, 5.74) is 5.22. The molecule has 0 spiro atoms. The predicted octanol–water partition coefficient (Wildman–Crippen LogP) is 0.284. The molecule has 1 rings (SSSR count). The van der Waals surface area contributed by atoms with Crippen molar-refractivity contribution in [2.75, 3.05) is 12.8 Å². The molecule has 1 heterocycles. The fourth-order valence-corrected chi connectivity index (χ4v) is 0.914. The minimum absolute atomic E-state index is 0.0417. The lowest BCUT2D eigenvalue weighted by molar-refractivity contribution is -0.387. The quantitative estimate of drug-likeness (QED) is 0.523. The van der Waals surface area contributed by atoms with E-state index in [1.165, 1.54) is 14.0 Å². The highest BCUT2D eigenvalue weighted by atomic mass is 16.6. The smallest absolute Gasteiger partial charge is 0.352 e. The van der Waals surface area contributed by atoms with E-state index in [9.17, 15) is 10.1 Å². The molecule has 1 aromatic heterocycles. The summed E-state index contributed by atoms with van der Waals surface area (Å²) in [7, 11) is 1.29. The van der Waals surface area contributed by atoms with E-state index in [2.05, 4.69) is 9.97 Å². The van der Waals surface area contributed by atoms with Gasteiger partial charge in [-0.1, -0.05) is 0 Å². The van der Waals surface area contributed by atoms with Gasteiger partial charge in [0.15, 0.2) is 0 Å². The van der Waals surface area contributed by atoms with Crippen molar-refractivity contribution >= 4 is 11.6 Å². The Morgan fingerprint density at radius 2 is 2.15 bits per heavy atom. The van der Waals surface area contributed by atoms with Gasteiger partial charge < -0.3 is 10.5 Å². The molecular formula is C6H8N4O3. The number of nitrogen functional groups attached to an aromatic ring is 1. The predicted molar refractivity (Wildman–Crippen MR) is 44.4 cm³/mol. The molecule has 7 nitrogen and oxygen atoms in total. The van der Waals surface area contributed by atoms with Crippen molar-refractivity contribution in [3.05, 3.63) is 15.8 Å². The number of hydrogen-bond acceptors (Lipinski definition) is 6. The minimum atomic E-state index is -0.604. The Bertz CT molecular complexity index is 352. The molecule has 13 heavy (non-hydrogen) atoms. The fourth-order valence-electron chi connectivity index (χ4n) is 0.914. The van der Waals surface area contributed by atoms with Crippen LogP contribution in [0.4, 0.5) is 11.6 Å². The van der Waals surface area contributed by atoms with Crippen molar-refractivity contribution in [3.63, 3.8) is 0 Å². The van der Waals surface area contributed by atoms with E-state index >= 15 is 0 Å². The van der Waals surface area contributed by atoms with Crippen LogP contribution >= 0.6 is 0 Å². The zero-order chi connectivity index (χ0) is 10.0. The van der Waals surface area contributed by atoms with Crippen LogP contribution in [-0.4, -0.2) is 22.0 Å². The zero-order valence-corrected chi connectivity index (χ0v) is 7.14. The third kappa shape index (κ3) is 1.63. The zero-order valence-electron chi connectivity index (χ0n) is 7.14. The van der Waals surface area contributed by atoms with Gasteiger partial charge in [-0.25, -0.2) is 4.98 Å². The standard InChI is InChI=1S/C6H8N4O3/c1-3-4(10(11)12)5(13-2)9-6(7)8-3/h1-2H3,(H2,7,8,9). The second-order valence-electron chi connectivity index (χ2n) is 2.28. The van der Waals surface area contributed by atoms with Gasteiger partial charge in [0.1, 0.15) is 5.69 Å². The van der Waals surface area contributed by atoms with Crippen LogP contribution in [0, 0.1) is 17.0 Å². The largest absolute Gasteiger partial charge is 0.476 e. The van der Waals surface area contributed by atoms with Crippen LogP contribution in [0.2, 0.25) is 0 Å². The first-order chi connectivity index (χ1) is 6.06. The van der Waals surface area contributed by atoms with Crippen molar-refractivity contribution in [2.45, 2.75) is 6.92 Å². The number of nitrogens with zero attached hydrogens (tertiary/aromatic N) is 3. The summed E-state index contributed by atoms with van der Waals surface area (Å²) in [6, 6.07) is 0. The van der Waals surface area contributed by atoms with Gasteiger partial charge in [0.05, 0.1) is 12.0 Å². The Morgan fingerprint density at radius 3 is 2.62 bits per heavy atom. The van der Waals surface area contributed by atoms with Crippen LogP contribution in [0.1, 0.15) is 5.69 Å². The molecule has 0 bridgehead atoms. The van der Waals surface area contributed by atoms with Gasteiger partial charge in [-0.2, -0.15) is 4.98 Å². The highest BCUT2D eigenvalue weighted by Crippen LogP contribution is 2.27. The van der Waals surface area contributed by atoms with Gasteiger partial charge in [-0.15, -0.1) is 0 Å². The summed E-state index contributed by atoms with van der Waals surface area (Å²) in [5.74, 6) is -0.157. The van der Waals surface area contributed by atoms with Gasteiger partial charge >= 0.3 is 5.69 Å². The molecule has 0 aliphatic carbocycles. The number of ether oxygens (including phenoxy) is 1. The first-order valence-electron chi connectivity index (χ1n) is 3.38. The van der Waals surface area contributed by atoms with E-state index in [1.807, 2.05) is 0 Å². The van der Waals surface area contributed by atoms with Gasteiger partial charge in [0, 0.05) is 0 Å². The van der Waals surface area contributed by atoms with Crippen molar-refractivity contribution < 1.29 is 9.66 Å². The van der Waals surface area contributed by atoms with Gasteiger partial charge in [0.25, 0.3) is 5.88 Å². The van der Waals surface area contributed by atoms with Crippen molar-refractivity contribution in [2.24, 2.45) is 0 Å². The molecule has 0 amide bonds. The summed E-state index contributed by atoms with van der Waals surface area (Å²) in [5, 5.41) is 10.5. The topological polar surface area (TPSA) is 104 Å². The maximum Gasteiger partial charge on any atom is 0.352 e. The van der Waals surface area contributed by atoms with Crippen LogP contribution < -0.4 is 10.5 Å². The van der Waals surface area contributed by atoms with Crippen molar-refractivity contribution in [1.82, 2.24) is 9.97 Å². The number of methoxy groups -OCH3 is 1. The summed E-state index contributed by atoms with van der Waals surface area (Å²) in [6.45, 7) is 1.47. The third-order valence-corrected chi connectivity index (χ3v) is 1.42. The number of nitro groups is 1. The maximum absolute atomic E-state index is 10.5. The highest BCUT2D eigenvalue weighted by Gasteiger charge is 2.21. The van der Waals surface area contributed by atoms with Crippen LogP contribution in [0.5, 0.6) is 5.88 Å². The maximum atomic E-state index is 10.5. The van der Waals surface area contributed by atoms with Crippen molar-refractivity contribution in [1.29, 1.82) is 0 Å². The lowest BCUT2D eigenvalue weighted by atomic mass is 10.4. The summed E-state index contributed by atoms with van der Waals surface area (Å²) < 4.78 is 4.70. The van der Waals surface area contributed by atoms with E-state index in [4.69, 9.17) is 10.5 Å². The monoisotopic (exact) mass is 184 g/mol. The fraction of sp³-hybridized carbons (Fsp3) is 0.333. The average Bonchev–Trinajstić information content (AvgIpc) is 2.01. The highest BCUT2D eigenvalue weighted by molar-refractivity contribution is 5.47. The Morgan fingerprint density at radius 1 is 1.54 bits per heavy atom. The van der Waals surface area contributed by atoms with E-state index in [1.54, 1.807) is 0 Å². The molecule has 2 N–H and O–H groups in total. The number of hydrogen-bond donors (Lipinski definition) is 1. The molecule has 0 atom stereocenters. The van der Waals surface area contributed by atoms with Gasteiger partial charge in [0.2, 0.25) is 5.95 Å². The van der Waals surface area contributed by atoms with Crippen molar-refractivity contribution in [3.8, 4) is 5.88 Å². The van der Waals surface area contributed by atoms with Crippen LogP contribution in [0.25, 0.3) is 0 Å². The second kappa shape index (κ2) is 3.21. The molecule has 0 saturated carbocycles. The molecule has 0 saturated heterocycles. The minimum Gasteiger partial charge on any atom is -0.476 e. The number of aryl methyl sites for hydroxylation is 1. The molecule has 70 valence electrons. The molecule has 0 radical (unpaired) electrons. The second-order valence-corrected chi connectivity index (χ2v) is 2.28. The Labute approximate surface area is 73.7 Å². The average molecular weight is 184 g/mol. The molecule has 0 aliphatic rings. The number of aromatic nitrogens is 2. The SMILES string of the molecule is COc1nc(N)nc(C)c1[N+](=O)[O-]. The van der Waals surface area contributed by atoms with E-state index < -0.39 is 4.92 Å². The molecule has 0 unspecified atom stereocenters. The lowest BCUT2D eigenvalue weighted by Crippen LogP contribution is -2.04. The van der Waals surface area contributed by atoms with Gasteiger partial charge in [-0.05, 0) is 6.92 Å². The summed E-state index contributed by atoms with van der Waals surface area (Å²) in [4.78, 5) is 17.1. The van der Waals surface area contributed by atoms with Crippen LogP contribution in [-0.2, 0) is 0 Å². The summed E-state index contributed by atoms with van der Waals surface area (Å²) >= 11 is 0. The first-order valence-corrected chi connectivity index (χ1v) is 3.38. The molecule has 0 fully saturated rings. The Balaban J connectivity index is 3.38. The summed E-state index contributed by atoms with van der Waals surface area (Å²) in [6.07, 6.45) is 0. The van der Waals surface area contributed by atoms with E-state index in [-0.39, 0.29) is 23.2 Å². The number of rotatable bonds is 2. The molecular weight excluding hydrogens is 176 g/mol. The van der Waals surface area contributed by atoms with Crippen LogP contribution in [0.3, 0.4) is 0 Å². The first kappa shape index (κ1) is 9.17. The Hall–Kier alpha value is -1.92. The Kier molecular flexibility index (Phi) is 2.27. The van der Waals surface area contributed by atoms with Gasteiger partial charge in [-0.3, -0.25) is 10.1 Å². The third-order valence-electron chi connectivity index (χ3n) is 1.42. The normalized spacial score (nSPS) is 9.69. The molecule has 0 aliphatic heterocycles. The van der Waals surface area contributed by atoms with E-state index in [0.29, 0.717) is 0 Å². The number of nitrogens with two attached hydrogens (primary N) is 1. The van der Waals surface area contributed by atoms with Crippen LogP contribution in [0.15, 0.2) is 0 Å². The lowest BCUT2D eigenvalue weighted by Gasteiger charge is -2.02. The number of anilines is 1. The molecule has 1 aromatic rings. The van der Waals surface area contributed by atoms with E-state index in [0.717, 1.165) is 0 Å².